The van der Waals surface area contributed by atoms with Crippen LogP contribution < -0.4 is 10.2 Å². The Morgan fingerprint density at radius 2 is 1.41 bits per heavy atom. The fraction of sp³-hybridized carbons (Fsp3) is 0.257. The van der Waals surface area contributed by atoms with E-state index < -0.39 is 34.0 Å². The monoisotopic (exact) mass is 611 g/mol. The van der Waals surface area contributed by atoms with Crippen LogP contribution in [-0.2, 0) is 39.1 Å². The highest BCUT2D eigenvalue weighted by atomic mass is 32.2. The summed E-state index contributed by atoms with van der Waals surface area (Å²) in [6, 6.07) is 32.4. The summed E-state index contributed by atoms with van der Waals surface area (Å²) in [6.45, 7) is 3.47. The highest BCUT2D eigenvalue weighted by Gasteiger charge is 2.40. The number of nitrogens with zero attached hydrogens (tertiary/aromatic N) is 2. The van der Waals surface area contributed by atoms with E-state index in [0.29, 0.717) is 25.9 Å². The number of carbonyl (C=O) groups is 2. The normalized spacial score (nSPS) is 15.9. The van der Waals surface area contributed by atoms with Crippen molar-refractivity contribution in [2.45, 2.75) is 56.3 Å². The number of sulfonamides is 1. The quantitative estimate of drug-likeness (QED) is 0.229. The summed E-state index contributed by atoms with van der Waals surface area (Å²) in [4.78, 5) is 27.9. The van der Waals surface area contributed by atoms with Gasteiger partial charge in [-0.1, -0.05) is 90.5 Å². The summed E-state index contributed by atoms with van der Waals surface area (Å²) in [7, 11) is -3.90. The van der Waals surface area contributed by atoms with Crippen LogP contribution in [0.3, 0.4) is 0 Å². The van der Waals surface area contributed by atoms with Gasteiger partial charge in [0.2, 0.25) is 15.9 Å². The van der Waals surface area contributed by atoms with E-state index in [1.807, 2.05) is 67.6 Å². The maximum absolute atomic E-state index is 13.3. The minimum absolute atomic E-state index is 0.0656. The number of aliphatic carboxylic acids is 1. The van der Waals surface area contributed by atoms with Crippen LogP contribution in [0.15, 0.2) is 114 Å². The molecule has 2 atom stereocenters. The third kappa shape index (κ3) is 7.53. The molecule has 1 saturated heterocycles. The molecule has 228 valence electrons. The van der Waals surface area contributed by atoms with Crippen LogP contribution in [0.5, 0.6) is 0 Å². The maximum atomic E-state index is 13.3. The van der Waals surface area contributed by atoms with E-state index in [9.17, 15) is 23.1 Å². The number of rotatable bonds is 12. The lowest BCUT2D eigenvalue weighted by atomic mass is 10.0. The van der Waals surface area contributed by atoms with Gasteiger partial charge in [-0.15, -0.1) is 0 Å². The van der Waals surface area contributed by atoms with Gasteiger partial charge in [0.25, 0.3) is 0 Å². The van der Waals surface area contributed by atoms with Crippen LogP contribution in [0.2, 0.25) is 0 Å². The largest absolute Gasteiger partial charge is 0.480 e. The first-order valence-corrected chi connectivity index (χ1v) is 16.2. The number of hydrogen-bond donors (Lipinski definition) is 2. The third-order valence-corrected chi connectivity index (χ3v) is 9.84. The highest BCUT2D eigenvalue weighted by molar-refractivity contribution is 7.89. The molecule has 0 saturated carbocycles. The zero-order chi connectivity index (χ0) is 31.1. The summed E-state index contributed by atoms with van der Waals surface area (Å²) in [5.41, 5.74) is 5.01. The minimum Gasteiger partial charge on any atom is -0.480 e. The molecule has 44 heavy (non-hydrogen) atoms. The van der Waals surface area contributed by atoms with Crippen molar-refractivity contribution < 1.29 is 23.1 Å². The number of nitrogens with one attached hydrogen (secondary N) is 1. The topological polar surface area (TPSA) is 107 Å². The molecular weight excluding hydrogens is 574 g/mol. The van der Waals surface area contributed by atoms with E-state index in [-0.39, 0.29) is 17.9 Å². The smallest absolute Gasteiger partial charge is 0.326 e. The molecule has 1 aliphatic rings. The maximum Gasteiger partial charge on any atom is 0.326 e. The van der Waals surface area contributed by atoms with Crippen LogP contribution in [-0.4, -0.2) is 48.3 Å². The zero-order valence-electron chi connectivity index (χ0n) is 24.7. The molecule has 0 unspecified atom stereocenters. The van der Waals surface area contributed by atoms with E-state index in [2.05, 4.69) is 34.5 Å². The Morgan fingerprint density at radius 1 is 0.841 bits per heavy atom. The second-order valence-corrected chi connectivity index (χ2v) is 13.1. The second kappa shape index (κ2) is 13.9. The van der Waals surface area contributed by atoms with Crippen molar-refractivity contribution in [1.29, 1.82) is 0 Å². The number of carbonyl (C=O) groups excluding carboxylic acids is 1. The van der Waals surface area contributed by atoms with Gasteiger partial charge in [-0.2, -0.15) is 4.31 Å². The van der Waals surface area contributed by atoms with Crippen molar-refractivity contribution in [2.75, 3.05) is 11.4 Å². The molecule has 9 heteroatoms. The molecule has 4 aromatic rings. The summed E-state index contributed by atoms with van der Waals surface area (Å²) >= 11 is 0. The van der Waals surface area contributed by atoms with Gasteiger partial charge < -0.3 is 15.3 Å². The second-order valence-electron chi connectivity index (χ2n) is 11.2. The number of carboxylic acid groups (broad SMARTS) is 1. The number of hydrogen-bond acceptors (Lipinski definition) is 5. The summed E-state index contributed by atoms with van der Waals surface area (Å²) < 4.78 is 27.8. The van der Waals surface area contributed by atoms with E-state index in [4.69, 9.17) is 0 Å². The number of amides is 1. The number of aryl methyl sites for hydroxylation is 1. The number of anilines is 1. The molecule has 8 nitrogen and oxygen atoms in total. The van der Waals surface area contributed by atoms with Crippen LogP contribution in [0.1, 0.15) is 35.1 Å². The molecule has 0 radical (unpaired) electrons. The van der Waals surface area contributed by atoms with Crippen molar-refractivity contribution in [3.8, 4) is 0 Å². The highest BCUT2D eigenvalue weighted by Crippen LogP contribution is 2.27. The summed E-state index contributed by atoms with van der Waals surface area (Å²) in [5, 5.41) is 12.6. The Kier molecular flexibility index (Phi) is 9.77. The van der Waals surface area contributed by atoms with Gasteiger partial charge in [-0.25, -0.2) is 13.2 Å². The molecule has 1 heterocycles. The fourth-order valence-electron chi connectivity index (χ4n) is 5.53. The lowest BCUT2D eigenvalue weighted by Crippen LogP contribution is -2.51. The molecule has 0 spiro atoms. The van der Waals surface area contributed by atoms with Gasteiger partial charge in [0.05, 0.1) is 4.90 Å². The van der Waals surface area contributed by atoms with Crippen LogP contribution in [0.25, 0.3) is 0 Å². The summed E-state index contributed by atoms with van der Waals surface area (Å²) in [5.74, 6) is -1.78. The van der Waals surface area contributed by atoms with E-state index in [1.54, 1.807) is 12.1 Å². The number of benzene rings is 4. The van der Waals surface area contributed by atoms with Gasteiger partial charge in [-0.05, 0) is 60.7 Å². The van der Waals surface area contributed by atoms with Gasteiger partial charge in [0.1, 0.15) is 12.1 Å². The van der Waals surface area contributed by atoms with Gasteiger partial charge in [0.15, 0.2) is 0 Å². The van der Waals surface area contributed by atoms with E-state index in [1.165, 1.54) is 27.6 Å². The molecule has 0 bridgehead atoms. The van der Waals surface area contributed by atoms with E-state index >= 15 is 0 Å². The third-order valence-electron chi connectivity index (χ3n) is 7.92. The number of carboxylic acids is 1. The van der Waals surface area contributed by atoms with Crippen LogP contribution >= 0.6 is 0 Å². The average molecular weight is 612 g/mol. The molecule has 0 aliphatic carbocycles. The van der Waals surface area contributed by atoms with Crippen LogP contribution in [0, 0.1) is 6.92 Å². The molecule has 4 aromatic carbocycles. The molecule has 2 N–H and O–H groups in total. The standard InChI is InChI=1S/C35H37N3O5S/c1-26-14-20-31(21-15-26)44(42,43)38-22-8-13-33(38)34(39)36-32(35(40)41)23-27-16-18-30(19-17-27)37(24-28-9-4-2-5-10-28)25-29-11-6-3-7-12-29/h2-7,9-12,14-21,32-33H,8,13,22-25H2,1H3,(H,36,39)(H,40,41)/t32-,33-/m0/s1. The average Bonchev–Trinajstić information content (AvgIpc) is 3.54. The Morgan fingerprint density at radius 3 is 1.95 bits per heavy atom. The van der Waals surface area contributed by atoms with E-state index in [0.717, 1.165) is 16.8 Å². The SMILES string of the molecule is Cc1ccc(S(=O)(=O)N2CCC[C@H]2C(=O)N[C@@H](Cc2ccc(N(Cc3ccccc3)Cc3ccccc3)cc2)C(=O)O)cc1. The fourth-order valence-corrected chi connectivity index (χ4v) is 7.18. The first-order valence-electron chi connectivity index (χ1n) is 14.7. The Bertz CT molecular complexity index is 1620. The predicted octanol–water partition coefficient (Wildman–Crippen LogP) is 5.17. The molecule has 1 fully saturated rings. The first kappa shape index (κ1) is 31.0. The lowest BCUT2D eigenvalue weighted by molar-refractivity contribution is -0.142. The molecule has 1 aliphatic heterocycles. The van der Waals surface area contributed by atoms with Crippen molar-refractivity contribution in [3.63, 3.8) is 0 Å². The minimum atomic E-state index is -3.90. The zero-order valence-corrected chi connectivity index (χ0v) is 25.5. The Labute approximate surface area is 259 Å². The molecule has 5 rings (SSSR count). The summed E-state index contributed by atoms with van der Waals surface area (Å²) in [6.07, 6.45) is 0.914. The van der Waals surface area contributed by atoms with Crippen molar-refractivity contribution in [2.24, 2.45) is 0 Å². The van der Waals surface area contributed by atoms with Crippen molar-refractivity contribution >= 4 is 27.6 Å². The molecule has 1 amide bonds. The predicted molar refractivity (Wildman–Crippen MR) is 171 cm³/mol. The van der Waals surface area contributed by atoms with Gasteiger partial charge in [0, 0.05) is 31.7 Å². The van der Waals surface area contributed by atoms with Crippen molar-refractivity contribution in [1.82, 2.24) is 9.62 Å². The van der Waals surface area contributed by atoms with Crippen LogP contribution in [0.4, 0.5) is 5.69 Å². The van der Waals surface area contributed by atoms with Gasteiger partial charge >= 0.3 is 5.97 Å². The molecular formula is C35H37N3O5S. The Balaban J connectivity index is 1.28. The van der Waals surface area contributed by atoms with Gasteiger partial charge in [-0.3, -0.25) is 4.79 Å². The Hall–Kier alpha value is -4.47. The lowest BCUT2D eigenvalue weighted by Gasteiger charge is -2.26. The molecule has 0 aromatic heterocycles. The van der Waals surface area contributed by atoms with Crippen molar-refractivity contribution in [3.05, 3.63) is 131 Å². The first-order chi connectivity index (χ1) is 21.2.